The highest BCUT2D eigenvalue weighted by molar-refractivity contribution is 6.06. The zero-order valence-electron chi connectivity index (χ0n) is 17.3. The number of allylic oxidation sites excluding steroid dienone is 1. The van der Waals surface area contributed by atoms with Crippen LogP contribution in [0.3, 0.4) is 0 Å². The molecule has 9 heteroatoms. The van der Waals surface area contributed by atoms with Gasteiger partial charge in [0.05, 0.1) is 17.6 Å². The number of hydrogen-bond donors (Lipinski definition) is 4. The lowest BCUT2D eigenvalue weighted by Gasteiger charge is -2.39. The summed E-state index contributed by atoms with van der Waals surface area (Å²) in [5.41, 5.74) is 0.518. The second-order valence-corrected chi connectivity index (χ2v) is 7.56. The van der Waals surface area contributed by atoms with Crippen molar-refractivity contribution < 1.29 is 39.1 Å². The first-order valence-electron chi connectivity index (χ1n) is 10.2. The van der Waals surface area contributed by atoms with E-state index in [9.17, 15) is 30.0 Å². The van der Waals surface area contributed by atoms with Gasteiger partial charge < -0.3 is 34.3 Å². The Labute approximate surface area is 187 Å². The number of fused-ring (bicyclic) bond motifs is 1. The van der Waals surface area contributed by atoms with E-state index in [0.29, 0.717) is 5.56 Å². The predicted molar refractivity (Wildman–Crippen MR) is 117 cm³/mol. The van der Waals surface area contributed by atoms with Crippen LogP contribution in [0.1, 0.15) is 15.9 Å². The van der Waals surface area contributed by atoms with Gasteiger partial charge in [0.15, 0.2) is 11.2 Å². The van der Waals surface area contributed by atoms with E-state index in [0.717, 1.165) is 0 Å². The number of aliphatic hydroxyl groups excluding tert-OH is 4. The van der Waals surface area contributed by atoms with Crippen LogP contribution in [-0.2, 0) is 4.74 Å². The zero-order valence-corrected chi connectivity index (χ0v) is 17.3. The van der Waals surface area contributed by atoms with Crippen LogP contribution in [0.4, 0.5) is 0 Å². The van der Waals surface area contributed by atoms with E-state index < -0.39 is 37.3 Å². The van der Waals surface area contributed by atoms with Gasteiger partial charge in [0.1, 0.15) is 42.0 Å². The van der Waals surface area contributed by atoms with Gasteiger partial charge >= 0.3 is 0 Å². The van der Waals surface area contributed by atoms with Gasteiger partial charge in [-0.15, -0.1) is 0 Å². The standard InChI is InChI=1S/C24H22O9/c25-11-19-21(28)22(29)23(30)24(33-19)32-15-7-8-16-18(10-15)31-12-14(20(16)27)6-9-17(26)13-4-2-1-3-5-13/h1-10,12,19,21-25,28-30H,11H2/b9-6+/t19-,21-,22+,23-,24-/m1/s1. The van der Waals surface area contributed by atoms with Crippen LogP contribution in [0.25, 0.3) is 17.0 Å². The largest absolute Gasteiger partial charge is 0.463 e. The Bertz CT molecular complexity index is 1220. The minimum Gasteiger partial charge on any atom is -0.463 e. The first-order chi connectivity index (χ1) is 15.9. The molecule has 5 atom stereocenters. The summed E-state index contributed by atoms with van der Waals surface area (Å²) in [7, 11) is 0. The van der Waals surface area contributed by atoms with E-state index in [1.807, 2.05) is 0 Å². The van der Waals surface area contributed by atoms with Crippen LogP contribution in [0.5, 0.6) is 5.75 Å². The fourth-order valence-electron chi connectivity index (χ4n) is 3.47. The number of aliphatic hydroxyl groups is 4. The Balaban J connectivity index is 1.54. The van der Waals surface area contributed by atoms with E-state index in [2.05, 4.69) is 0 Å². The SMILES string of the molecule is O=C(/C=C/c1coc2cc(O[C@@H]3O[C@H](CO)[C@@H](O)[C@H](O)[C@H]3O)ccc2c1=O)c1ccccc1. The summed E-state index contributed by atoms with van der Waals surface area (Å²) in [6.07, 6.45) is -3.22. The Kier molecular flexibility index (Phi) is 6.68. The van der Waals surface area contributed by atoms with Crippen molar-refractivity contribution in [1.82, 2.24) is 0 Å². The first-order valence-corrected chi connectivity index (χ1v) is 10.2. The average molecular weight is 454 g/mol. The molecule has 2 aromatic carbocycles. The lowest BCUT2D eigenvalue weighted by atomic mass is 9.99. The number of hydrogen-bond acceptors (Lipinski definition) is 9. The van der Waals surface area contributed by atoms with Crippen molar-refractivity contribution in [2.24, 2.45) is 0 Å². The van der Waals surface area contributed by atoms with Crippen LogP contribution in [0.2, 0.25) is 0 Å². The zero-order chi connectivity index (χ0) is 23.5. The van der Waals surface area contributed by atoms with Gasteiger partial charge in [-0.25, -0.2) is 0 Å². The molecule has 172 valence electrons. The normalized spacial score (nSPS) is 25.4. The minimum atomic E-state index is -1.58. The molecule has 1 aromatic heterocycles. The Morgan fingerprint density at radius 1 is 1.03 bits per heavy atom. The Morgan fingerprint density at radius 2 is 1.79 bits per heavy atom. The Morgan fingerprint density at radius 3 is 2.52 bits per heavy atom. The maximum absolute atomic E-state index is 12.8. The summed E-state index contributed by atoms with van der Waals surface area (Å²) >= 11 is 0. The number of ether oxygens (including phenoxy) is 2. The molecule has 4 N–H and O–H groups in total. The number of benzene rings is 2. The van der Waals surface area contributed by atoms with Gasteiger partial charge in [0, 0.05) is 11.6 Å². The predicted octanol–water partition coefficient (Wildman–Crippen LogP) is 0.868. The lowest BCUT2D eigenvalue weighted by molar-refractivity contribution is -0.277. The van der Waals surface area contributed by atoms with Crippen LogP contribution < -0.4 is 10.2 Å². The smallest absolute Gasteiger partial charge is 0.229 e. The summed E-state index contributed by atoms with van der Waals surface area (Å²) in [6, 6.07) is 12.9. The van der Waals surface area contributed by atoms with Gasteiger partial charge in [-0.05, 0) is 24.3 Å². The van der Waals surface area contributed by atoms with E-state index in [1.54, 1.807) is 30.3 Å². The highest BCUT2D eigenvalue weighted by atomic mass is 16.7. The summed E-state index contributed by atoms with van der Waals surface area (Å²) in [5, 5.41) is 39.4. The quantitative estimate of drug-likeness (QED) is 0.315. The molecule has 4 rings (SSSR count). The summed E-state index contributed by atoms with van der Waals surface area (Å²) in [6.45, 7) is -0.583. The molecule has 0 amide bonds. The van der Waals surface area contributed by atoms with Crippen molar-refractivity contribution in [2.45, 2.75) is 30.7 Å². The number of carbonyl (C=O) groups excluding carboxylic acids is 1. The molecule has 2 heterocycles. The summed E-state index contributed by atoms with van der Waals surface area (Å²) in [4.78, 5) is 25.0. The maximum atomic E-state index is 12.8. The number of rotatable bonds is 6. The number of ketones is 1. The third kappa shape index (κ3) is 4.72. The molecule has 0 unspecified atom stereocenters. The molecule has 3 aromatic rings. The minimum absolute atomic E-state index is 0.164. The van der Waals surface area contributed by atoms with Gasteiger partial charge in [-0.1, -0.05) is 30.3 Å². The first kappa shape index (κ1) is 22.8. The van der Waals surface area contributed by atoms with Crippen LogP contribution >= 0.6 is 0 Å². The molecule has 1 aliphatic rings. The molecule has 33 heavy (non-hydrogen) atoms. The topological polar surface area (TPSA) is 147 Å². The number of carbonyl (C=O) groups is 1. The second-order valence-electron chi connectivity index (χ2n) is 7.56. The third-order valence-electron chi connectivity index (χ3n) is 5.35. The van der Waals surface area contributed by atoms with Gasteiger partial charge in [-0.3, -0.25) is 9.59 Å². The Hall–Kier alpha value is -3.34. The molecule has 1 aliphatic heterocycles. The van der Waals surface area contributed by atoms with Crippen molar-refractivity contribution in [3.05, 3.63) is 82.2 Å². The van der Waals surface area contributed by atoms with Crippen LogP contribution in [0, 0.1) is 0 Å². The highest BCUT2D eigenvalue weighted by Gasteiger charge is 2.44. The van der Waals surface area contributed by atoms with E-state index in [4.69, 9.17) is 13.9 Å². The van der Waals surface area contributed by atoms with Crippen LogP contribution in [0.15, 0.2) is 70.1 Å². The molecule has 1 saturated heterocycles. The molecule has 0 radical (unpaired) electrons. The fourth-order valence-corrected chi connectivity index (χ4v) is 3.47. The fraction of sp³-hybridized carbons (Fsp3) is 0.250. The second kappa shape index (κ2) is 9.65. The highest BCUT2D eigenvalue weighted by Crippen LogP contribution is 2.26. The van der Waals surface area contributed by atoms with Gasteiger partial charge in [-0.2, -0.15) is 0 Å². The van der Waals surface area contributed by atoms with Crippen molar-refractivity contribution in [1.29, 1.82) is 0 Å². The van der Waals surface area contributed by atoms with Gasteiger partial charge in [0.25, 0.3) is 0 Å². The third-order valence-corrected chi connectivity index (χ3v) is 5.35. The van der Waals surface area contributed by atoms with Crippen molar-refractivity contribution in [3.8, 4) is 5.75 Å². The summed E-state index contributed by atoms with van der Waals surface area (Å²) in [5.74, 6) is -0.0871. The molecule has 0 bridgehead atoms. The molecular weight excluding hydrogens is 432 g/mol. The molecule has 0 saturated carbocycles. The maximum Gasteiger partial charge on any atom is 0.229 e. The van der Waals surface area contributed by atoms with Crippen molar-refractivity contribution >= 4 is 22.8 Å². The summed E-state index contributed by atoms with van der Waals surface area (Å²) < 4.78 is 16.4. The van der Waals surface area contributed by atoms with Crippen molar-refractivity contribution in [3.63, 3.8) is 0 Å². The van der Waals surface area contributed by atoms with Crippen molar-refractivity contribution in [2.75, 3.05) is 6.61 Å². The van der Waals surface area contributed by atoms with Gasteiger partial charge in [0.2, 0.25) is 6.29 Å². The van der Waals surface area contributed by atoms with Crippen LogP contribution in [-0.4, -0.2) is 63.5 Å². The average Bonchev–Trinajstić information content (AvgIpc) is 2.84. The molecule has 0 aliphatic carbocycles. The molecular formula is C24H22O9. The van der Waals surface area contributed by atoms with E-state index in [1.165, 1.54) is 36.6 Å². The molecule has 0 spiro atoms. The monoisotopic (exact) mass is 454 g/mol. The van der Waals surface area contributed by atoms with E-state index >= 15 is 0 Å². The molecule has 9 nitrogen and oxygen atoms in total. The van der Waals surface area contributed by atoms with E-state index in [-0.39, 0.29) is 33.5 Å². The molecule has 1 fully saturated rings. The lowest BCUT2D eigenvalue weighted by Crippen LogP contribution is -2.60.